The predicted octanol–water partition coefficient (Wildman–Crippen LogP) is 2.73. The van der Waals surface area contributed by atoms with Crippen molar-refractivity contribution in [1.29, 1.82) is 0 Å². The number of nitrogens with zero attached hydrogens (tertiary/aromatic N) is 4. The highest BCUT2D eigenvalue weighted by molar-refractivity contribution is 5.94. The van der Waals surface area contributed by atoms with E-state index < -0.39 is 0 Å². The van der Waals surface area contributed by atoms with E-state index in [2.05, 4.69) is 54.0 Å². The fraction of sp³-hybridized carbons (Fsp3) is 0.762. The van der Waals surface area contributed by atoms with E-state index in [1.807, 2.05) is 18.5 Å². The zero-order valence-corrected chi connectivity index (χ0v) is 17.2. The SMILES string of the molecule is C[C@H](C1CCN(C(=O)c2ccn(C(C)(C)C)c2)CC1)N1CCN(C)CC1. The Morgan fingerprint density at radius 3 is 2.23 bits per heavy atom. The maximum Gasteiger partial charge on any atom is 0.255 e. The van der Waals surface area contributed by atoms with Crippen LogP contribution in [-0.2, 0) is 5.54 Å². The third-order valence-electron chi connectivity index (χ3n) is 6.34. The number of piperazine rings is 1. The summed E-state index contributed by atoms with van der Waals surface area (Å²) in [6, 6.07) is 2.59. The molecule has 1 aromatic heterocycles. The zero-order chi connectivity index (χ0) is 18.9. The third kappa shape index (κ3) is 4.32. The van der Waals surface area contributed by atoms with Crippen molar-refractivity contribution in [2.45, 2.75) is 52.1 Å². The van der Waals surface area contributed by atoms with Gasteiger partial charge in [0.2, 0.25) is 0 Å². The molecule has 2 aliphatic heterocycles. The van der Waals surface area contributed by atoms with Crippen LogP contribution in [0.25, 0.3) is 0 Å². The molecular formula is C21H36N4O. The van der Waals surface area contributed by atoms with Gasteiger partial charge in [-0.15, -0.1) is 0 Å². The highest BCUT2D eigenvalue weighted by Gasteiger charge is 2.31. The standard InChI is InChI=1S/C21H36N4O/c1-17(23-14-12-22(5)13-15-23)18-6-9-24(10-7-18)20(26)19-8-11-25(16-19)21(2,3)4/h8,11,16-18H,6-7,9-10,12-15H2,1-5H3/t17-/m1/s1. The molecule has 0 bridgehead atoms. The topological polar surface area (TPSA) is 31.7 Å². The molecule has 1 atom stereocenters. The summed E-state index contributed by atoms with van der Waals surface area (Å²) in [5.41, 5.74) is 0.842. The van der Waals surface area contributed by atoms with Crippen molar-refractivity contribution in [1.82, 2.24) is 19.3 Å². The largest absolute Gasteiger partial charge is 0.348 e. The first-order chi connectivity index (χ1) is 12.3. The van der Waals surface area contributed by atoms with Gasteiger partial charge in [-0.25, -0.2) is 0 Å². The first-order valence-corrected chi connectivity index (χ1v) is 10.2. The molecule has 1 amide bonds. The first kappa shape index (κ1) is 19.4. The number of likely N-dealkylation sites (tertiary alicyclic amines) is 1. The van der Waals surface area contributed by atoms with E-state index in [4.69, 9.17) is 0 Å². The maximum absolute atomic E-state index is 12.9. The highest BCUT2D eigenvalue weighted by Crippen LogP contribution is 2.26. The van der Waals surface area contributed by atoms with Crippen LogP contribution in [0.5, 0.6) is 0 Å². The van der Waals surface area contributed by atoms with E-state index in [0.29, 0.717) is 12.0 Å². The van der Waals surface area contributed by atoms with E-state index in [0.717, 1.165) is 31.5 Å². The second kappa shape index (κ2) is 7.73. The second-order valence-electron chi connectivity index (χ2n) is 9.19. The van der Waals surface area contributed by atoms with Gasteiger partial charge < -0.3 is 14.4 Å². The van der Waals surface area contributed by atoms with Crippen LogP contribution in [0.15, 0.2) is 18.5 Å². The smallest absolute Gasteiger partial charge is 0.255 e. The van der Waals surface area contributed by atoms with Gasteiger partial charge in [0.25, 0.3) is 5.91 Å². The van der Waals surface area contributed by atoms with Gasteiger partial charge in [0.1, 0.15) is 0 Å². The van der Waals surface area contributed by atoms with E-state index in [1.54, 1.807) is 0 Å². The van der Waals surface area contributed by atoms with Crippen molar-refractivity contribution in [3.05, 3.63) is 24.0 Å². The van der Waals surface area contributed by atoms with Gasteiger partial charge in [0.05, 0.1) is 5.56 Å². The Labute approximate surface area is 158 Å². The van der Waals surface area contributed by atoms with E-state index in [9.17, 15) is 4.79 Å². The normalized spacial score (nSPS) is 22.6. The molecule has 3 heterocycles. The summed E-state index contributed by atoms with van der Waals surface area (Å²) < 4.78 is 2.13. The molecule has 0 spiro atoms. The lowest BCUT2D eigenvalue weighted by Crippen LogP contribution is -2.52. The Morgan fingerprint density at radius 2 is 1.69 bits per heavy atom. The van der Waals surface area contributed by atoms with Gasteiger partial charge in [-0.05, 0) is 59.6 Å². The fourth-order valence-electron chi connectivity index (χ4n) is 4.24. The minimum atomic E-state index is 0.0173. The number of rotatable bonds is 3. The van der Waals surface area contributed by atoms with Crippen molar-refractivity contribution < 1.29 is 4.79 Å². The Hall–Kier alpha value is -1.33. The van der Waals surface area contributed by atoms with Gasteiger partial charge in [-0.2, -0.15) is 0 Å². The molecule has 3 rings (SSSR count). The lowest BCUT2D eigenvalue weighted by atomic mass is 9.89. The molecule has 26 heavy (non-hydrogen) atoms. The van der Waals surface area contributed by atoms with Crippen LogP contribution in [0, 0.1) is 5.92 Å². The number of carbonyl (C=O) groups excluding carboxylic acids is 1. The third-order valence-corrected chi connectivity index (χ3v) is 6.34. The summed E-state index contributed by atoms with van der Waals surface area (Å²) >= 11 is 0. The van der Waals surface area contributed by atoms with Gasteiger partial charge in [0.15, 0.2) is 0 Å². The number of hydrogen-bond donors (Lipinski definition) is 0. The van der Waals surface area contributed by atoms with Crippen LogP contribution >= 0.6 is 0 Å². The number of piperidine rings is 1. The minimum absolute atomic E-state index is 0.0173. The molecule has 0 unspecified atom stereocenters. The molecule has 0 aliphatic carbocycles. The van der Waals surface area contributed by atoms with Crippen LogP contribution in [0.1, 0.15) is 50.9 Å². The quantitative estimate of drug-likeness (QED) is 0.831. The minimum Gasteiger partial charge on any atom is -0.348 e. The molecule has 146 valence electrons. The van der Waals surface area contributed by atoms with Crippen molar-refractivity contribution >= 4 is 5.91 Å². The molecule has 2 aliphatic rings. The number of amides is 1. The number of likely N-dealkylation sites (N-methyl/N-ethyl adjacent to an activating group) is 1. The molecule has 0 N–H and O–H groups in total. The summed E-state index contributed by atoms with van der Waals surface area (Å²) in [5, 5.41) is 0. The lowest BCUT2D eigenvalue weighted by Gasteiger charge is -2.42. The highest BCUT2D eigenvalue weighted by atomic mass is 16.2. The van der Waals surface area contributed by atoms with Crippen LogP contribution in [0.3, 0.4) is 0 Å². The molecule has 0 saturated carbocycles. The summed E-state index contributed by atoms with van der Waals surface area (Å²) in [6.45, 7) is 15.3. The Morgan fingerprint density at radius 1 is 1.08 bits per heavy atom. The lowest BCUT2D eigenvalue weighted by molar-refractivity contribution is 0.0500. The summed E-state index contributed by atoms with van der Waals surface area (Å²) in [4.78, 5) is 20.0. The maximum atomic E-state index is 12.9. The number of hydrogen-bond acceptors (Lipinski definition) is 3. The monoisotopic (exact) mass is 360 g/mol. The van der Waals surface area contributed by atoms with Crippen molar-refractivity contribution in [3.8, 4) is 0 Å². The molecule has 2 saturated heterocycles. The number of aromatic nitrogens is 1. The molecule has 1 aromatic rings. The van der Waals surface area contributed by atoms with Gasteiger partial charge >= 0.3 is 0 Å². The van der Waals surface area contributed by atoms with Gasteiger partial charge in [-0.1, -0.05) is 0 Å². The van der Waals surface area contributed by atoms with Gasteiger partial charge in [-0.3, -0.25) is 9.69 Å². The second-order valence-corrected chi connectivity index (χ2v) is 9.19. The fourth-order valence-corrected chi connectivity index (χ4v) is 4.24. The van der Waals surface area contributed by atoms with Crippen molar-refractivity contribution in [2.75, 3.05) is 46.3 Å². The first-order valence-electron chi connectivity index (χ1n) is 10.2. The molecule has 5 nitrogen and oxygen atoms in total. The van der Waals surface area contributed by atoms with Crippen molar-refractivity contribution in [3.63, 3.8) is 0 Å². The molecule has 5 heteroatoms. The van der Waals surface area contributed by atoms with Crippen LogP contribution in [0.4, 0.5) is 0 Å². The molecule has 2 fully saturated rings. The van der Waals surface area contributed by atoms with Gasteiger partial charge in [0, 0.05) is 63.2 Å². The average Bonchev–Trinajstić information content (AvgIpc) is 3.12. The molecule has 0 radical (unpaired) electrons. The van der Waals surface area contributed by atoms with Crippen molar-refractivity contribution in [2.24, 2.45) is 5.92 Å². The van der Waals surface area contributed by atoms with Crippen LogP contribution in [0.2, 0.25) is 0 Å². The molecular weight excluding hydrogens is 324 g/mol. The summed E-state index contributed by atoms with van der Waals surface area (Å²) in [6.07, 6.45) is 6.27. The van der Waals surface area contributed by atoms with E-state index >= 15 is 0 Å². The van der Waals surface area contributed by atoms with Crippen LogP contribution in [-0.4, -0.2) is 77.5 Å². The molecule has 0 aromatic carbocycles. The van der Waals surface area contributed by atoms with E-state index in [1.165, 1.54) is 26.2 Å². The summed E-state index contributed by atoms with van der Waals surface area (Å²) in [5.74, 6) is 0.903. The number of carbonyl (C=O) groups is 1. The Kier molecular flexibility index (Phi) is 5.78. The van der Waals surface area contributed by atoms with E-state index in [-0.39, 0.29) is 11.4 Å². The Bertz CT molecular complexity index is 602. The Balaban J connectivity index is 1.53. The summed E-state index contributed by atoms with van der Waals surface area (Å²) in [7, 11) is 2.21. The van der Waals surface area contributed by atoms with Crippen LogP contribution < -0.4 is 0 Å². The average molecular weight is 361 g/mol. The predicted molar refractivity (Wildman–Crippen MR) is 107 cm³/mol. The zero-order valence-electron chi connectivity index (χ0n) is 17.2.